The van der Waals surface area contributed by atoms with E-state index >= 15 is 8.78 Å². The van der Waals surface area contributed by atoms with Crippen molar-refractivity contribution in [3.63, 3.8) is 0 Å². The van der Waals surface area contributed by atoms with Crippen LogP contribution in [0.2, 0.25) is 0 Å². The highest BCUT2D eigenvalue weighted by Gasteiger charge is 2.32. The first kappa shape index (κ1) is 34.0. The average Bonchev–Trinajstić information content (AvgIpc) is 3.42. The molecule has 0 amide bonds. The van der Waals surface area contributed by atoms with Crippen LogP contribution in [0.15, 0.2) is 107 Å². The second-order valence-corrected chi connectivity index (χ2v) is 14.0. The van der Waals surface area contributed by atoms with E-state index in [1.54, 1.807) is 0 Å². The van der Waals surface area contributed by atoms with Crippen LogP contribution in [0.1, 0.15) is 23.1 Å². The largest absolute Gasteiger partial charge is 0.294 e. The molecule has 1 N–H and O–H groups in total. The third-order valence-electron chi connectivity index (χ3n) is 7.85. The van der Waals surface area contributed by atoms with Gasteiger partial charge in [-0.15, -0.1) is 0 Å². The van der Waals surface area contributed by atoms with E-state index in [9.17, 15) is 45.1 Å². The predicted octanol–water partition coefficient (Wildman–Crippen LogP) is 8.22. The number of nitriles is 2. The smallest absolute Gasteiger partial charge is 0.282 e. The van der Waals surface area contributed by atoms with Gasteiger partial charge in [-0.2, -0.15) is 18.9 Å². The van der Waals surface area contributed by atoms with Crippen LogP contribution in [-0.2, 0) is 20.1 Å². The molecule has 8 nitrogen and oxygen atoms in total. The number of nitrogens with zero attached hydrogens (tertiary/aromatic N) is 3. The minimum absolute atomic E-state index is 0.0869. The van der Waals surface area contributed by atoms with E-state index in [2.05, 4.69) is 0 Å². The van der Waals surface area contributed by atoms with Crippen molar-refractivity contribution in [2.24, 2.45) is 0 Å². The summed E-state index contributed by atoms with van der Waals surface area (Å²) in [5.74, 6) is -3.62. The Bertz CT molecular complexity index is 2630. The molecule has 1 heterocycles. The molecule has 1 aromatic heterocycles. The van der Waals surface area contributed by atoms with Crippen LogP contribution >= 0.6 is 0 Å². The van der Waals surface area contributed by atoms with E-state index < -0.39 is 64.9 Å². The van der Waals surface area contributed by atoms with Gasteiger partial charge in [-0.25, -0.2) is 34.3 Å². The summed E-state index contributed by atoms with van der Waals surface area (Å²) in [4.78, 5) is -1.53. The third kappa shape index (κ3) is 5.77. The van der Waals surface area contributed by atoms with Gasteiger partial charge in [-0.3, -0.25) is 4.55 Å². The summed E-state index contributed by atoms with van der Waals surface area (Å²) >= 11 is 0. The van der Waals surface area contributed by atoms with Crippen molar-refractivity contribution in [2.45, 2.75) is 16.2 Å². The Morgan fingerprint density at radius 1 is 0.660 bits per heavy atom. The van der Waals surface area contributed by atoms with Gasteiger partial charge in [0, 0.05) is 27.6 Å². The molecule has 0 spiro atoms. The molecule has 0 aliphatic carbocycles. The van der Waals surface area contributed by atoms with Gasteiger partial charge in [0.05, 0.1) is 49.8 Å². The Morgan fingerprint density at radius 3 is 1.80 bits per heavy atom. The fourth-order valence-corrected chi connectivity index (χ4v) is 7.75. The first-order chi connectivity index (χ1) is 23.7. The molecule has 50 heavy (non-hydrogen) atoms. The molecule has 0 atom stereocenters. The number of aromatic nitrogens is 1. The summed E-state index contributed by atoms with van der Waals surface area (Å²) in [5.41, 5.74) is -2.44. The van der Waals surface area contributed by atoms with Crippen molar-refractivity contribution in [1.29, 1.82) is 10.5 Å². The SMILES string of the molecule is N#Cc1cccc(C#N)c1-c1c(-c2cccc(-c3c(F)cc(S(=O)(=O)O)cc3F)c2)n(S(=O)(=O)c2ccc(C(F)F)cc2)c2ccc(F)cc12. The summed E-state index contributed by atoms with van der Waals surface area (Å²) in [7, 11) is -9.80. The summed E-state index contributed by atoms with van der Waals surface area (Å²) in [6.07, 6.45) is -2.91. The molecule has 6 aromatic rings. The van der Waals surface area contributed by atoms with Crippen molar-refractivity contribution in [2.75, 3.05) is 0 Å². The van der Waals surface area contributed by atoms with Gasteiger partial charge in [-0.1, -0.05) is 36.4 Å². The number of fused-ring (bicyclic) bond motifs is 1. The normalized spacial score (nSPS) is 11.9. The van der Waals surface area contributed by atoms with Gasteiger partial charge >= 0.3 is 0 Å². The molecule has 5 aromatic carbocycles. The van der Waals surface area contributed by atoms with Gasteiger partial charge < -0.3 is 0 Å². The molecule has 0 bridgehead atoms. The van der Waals surface area contributed by atoms with E-state index in [1.807, 2.05) is 12.1 Å². The summed E-state index contributed by atoms with van der Waals surface area (Å²) in [5, 5.41) is 20.1. The lowest BCUT2D eigenvalue weighted by Gasteiger charge is -2.16. The minimum Gasteiger partial charge on any atom is -0.282 e. The van der Waals surface area contributed by atoms with Crippen LogP contribution in [0, 0.1) is 40.1 Å². The molecule has 0 aliphatic heterocycles. The van der Waals surface area contributed by atoms with Crippen molar-refractivity contribution < 1.29 is 43.3 Å². The number of halogens is 5. The van der Waals surface area contributed by atoms with Gasteiger partial charge in [0.2, 0.25) is 0 Å². The van der Waals surface area contributed by atoms with Crippen molar-refractivity contribution >= 4 is 31.0 Å². The summed E-state index contributed by atoms with van der Waals surface area (Å²) < 4.78 is 135. The third-order valence-corrected chi connectivity index (χ3v) is 10.4. The van der Waals surface area contributed by atoms with Crippen molar-refractivity contribution in [3.8, 4) is 45.6 Å². The van der Waals surface area contributed by atoms with Crippen LogP contribution in [-0.4, -0.2) is 25.4 Å². The fraction of sp³-hybridized carbons (Fsp3) is 0.0286. The first-order valence-electron chi connectivity index (χ1n) is 14.2. The number of hydrogen-bond donors (Lipinski definition) is 1. The Labute approximate surface area is 281 Å². The topological polar surface area (TPSA) is 141 Å². The number of rotatable bonds is 7. The van der Waals surface area contributed by atoms with E-state index in [-0.39, 0.29) is 50.0 Å². The lowest BCUT2D eigenvalue weighted by molar-refractivity contribution is 0.151. The Kier molecular flexibility index (Phi) is 8.53. The Hall–Kier alpha value is -5.87. The van der Waals surface area contributed by atoms with Gasteiger partial charge in [0.25, 0.3) is 26.6 Å². The van der Waals surface area contributed by atoms with Gasteiger partial charge in [0.15, 0.2) is 0 Å². The minimum atomic E-state index is -5.00. The highest BCUT2D eigenvalue weighted by atomic mass is 32.2. The molecule has 6 rings (SSSR count). The Morgan fingerprint density at radius 2 is 1.24 bits per heavy atom. The molecule has 15 heteroatoms. The summed E-state index contributed by atoms with van der Waals surface area (Å²) in [6.45, 7) is 0. The molecule has 0 aliphatic rings. The monoisotopic (exact) mass is 719 g/mol. The number of benzene rings is 5. The van der Waals surface area contributed by atoms with E-state index in [1.165, 1.54) is 36.4 Å². The standard InChI is InChI=1S/C35H18F5N3O5S2/c36-24-9-12-30-27(14-24)33(31-22(17-41)5-2-6-23(31)18-42)34(43(30)49(44,45)25-10-7-19(8-11-25)35(39)40)21-4-1-3-20(13-21)32-28(37)15-26(16-29(32)38)50(46,47)48/h1-16,35H,(H,46,47,48). The van der Waals surface area contributed by atoms with Crippen LogP contribution in [0.5, 0.6) is 0 Å². The van der Waals surface area contributed by atoms with Crippen molar-refractivity contribution in [3.05, 3.63) is 131 Å². The van der Waals surface area contributed by atoms with Crippen LogP contribution in [0.25, 0.3) is 44.4 Å². The van der Waals surface area contributed by atoms with Crippen LogP contribution in [0.3, 0.4) is 0 Å². The molecule has 0 fully saturated rings. The zero-order chi connectivity index (χ0) is 36.1. The molecule has 0 saturated carbocycles. The maximum atomic E-state index is 15.3. The molecular weight excluding hydrogens is 702 g/mol. The fourth-order valence-electron chi connectivity index (χ4n) is 5.69. The number of alkyl halides is 2. The molecule has 250 valence electrons. The Balaban J connectivity index is 1.77. The maximum absolute atomic E-state index is 15.3. The van der Waals surface area contributed by atoms with E-state index in [0.29, 0.717) is 12.1 Å². The van der Waals surface area contributed by atoms with Gasteiger partial charge in [-0.05, 0) is 66.2 Å². The molecule has 0 unspecified atom stereocenters. The molecule has 0 saturated heterocycles. The van der Waals surface area contributed by atoms with Gasteiger partial charge in [0.1, 0.15) is 17.5 Å². The second kappa shape index (κ2) is 12.5. The quantitative estimate of drug-likeness (QED) is 0.129. The lowest BCUT2D eigenvalue weighted by Crippen LogP contribution is -2.14. The first-order valence-corrected chi connectivity index (χ1v) is 17.0. The van der Waals surface area contributed by atoms with E-state index in [0.717, 1.165) is 52.5 Å². The van der Waals surface area contributed by atoms with Crippen LogP contribution < -0.4 is 0 Å². The second-order valence-electron chi connectivity index (χ2n) is 10.8. The highest BCUT2D eigenvalue weighted by Crippen LogP contribution is 2.46. The maximum Gasteiger partial charge on any atom is 0.294 e. The predicted molar refractivity (Wildman–Crippen MR) is 171 cm³/mol. The lowest BCUT2D eigenvalue weighted by atomic mass is 9.90. The van der Waals surface area contributed by atoms with E-state index in [4.69, 9.17) is 0 Å². The zero-order valence-corrected chi connectivity index (χ0v) is 26.6. The van der Waals surface area contributed by atoms with Crippen molar-refractivity contribution in [1.82, 2.24) is 3.97 Å². The van der Waals surface area contributed by atoms with Crippen LogP contribution in [0.4, 0.5) is 22.0 Å². The molecule has 0 radical (unpaired) electrons. The summed E-state index contributed by atoms with van der Waals surface area (Å²) in [6, 6.07) is 20.5. The number of hydrogen-bond acceptors (Lipinski definition) is 6. The highest BCUT2D eigenvalue weighted by molar-refractivity contribution is 7.90. The molecular formula is C35H18F5N3O5S2. The average molecular weight is 720 g/mol. The zero-order valence-electron chi connectivity index (χ0n) is 24.9.